The molecule has 1 atom stereocenters. The summed E-state index contributed by atoms with van der Waals surface area (Å²) in [4.78, 5) is 13.9. The summed E-state index contributed by atoms with van der Waals surface area (Å²) >= 11 is 0. The number of phenolic OH excluding ortho intramolecular Hbond substituents is 1. The molecule has 2 aromatic carbocycles. The molecule has 1 N–H and O–H groups in total. The molecule has 1 unspecified atom stereocenters. The number of amides is 1. The van der Waals surface area contributed by atoms with Crippen LogP contribution in [-0.4, -0.2) is 29.0 Å². The predicted octanol–water partition coefficient (Wildman–Crippen LogP) is 2.92. The molecular weight excluding hydrogens is 252 g/mol. The molecule has 1 amide bonds. The van der Waals surface area contributed by atoms with Crippen LogP contribution in [0.4, 0.5) is 0 Å². The first kappa shape index (κ1) is 13.9. The molecule has 102 valence electrons. The highest BCUT2D eigenvalue weighted by atomic mass is 16.3. The number of phenols is 1. The molecule has 0 heterocycles. The van der Waals surface area contributed by atoms with Gasteiger partial charge in [0.25, 0.3) is 5.91 Å². The minimum Gasteiger partial charge on any atom is -0.507 e. The first-order valence-corrected chi connectivity index (χ1v) is 6.40. The van der Waals surface area contributed by atoms with Crippen LogP contribution in [0.3, 0.4) is 0 Å². The van der Waals surface area contributed by atoms with Crippen molar-refractivity contribution in [2.45, 2.75) is 19.4 Å². The molecular formula is C16H16N2O2. The second-order valence-corrected chi connectivity index (χ2v) is 4.84. The second-order valence-electron chi connectivity index (χ2n) is 4.84. The van der Waals surface area contributed by atoms with Crippen molar-refractivity contribution in [1.29, 1.82) is 5.26 Å². The molecule has 0 saturated heterocycles. The maximum Gasteiger partial charge on any atom is 0.257 e. The van der Waals surface area contributed by atoms with E-state index in [9.17, 15) is 9.90 Å². The van der Waals surface area contributed by atoms with Gasteiger partial charge in [-0.2, -0.15) is 5.26 Å². The summed E-state index contributed by atoms with van der Waals surface area (Å²) < 4.78 is 0. The van der Waals surface area contributed by atoms with Gasteiger partial charge in [-0.05, 0) is 29.8 Å². The Morgan fingerprint density at radius 3 is 2.55 bits per heavy atom. The lowest BCUT2D eigenvalue weighted by Crippen LogP contribution is -2.34. The minimum absolute atomic E-state index is 0.0373. The van der Waals surface area contributed by atoms with Crippen molar-refractivity contribution in [3.63, 3.8) is 0 Å². The van der Waals surface area contributed by atoms with Gasteiger partial charge in [0, 0.05) is 13.1 Å². The number of carbonyl (C=O) groups excluding carboxylic acids is 1. The fourth-order valence-electron chi connectivity index (χ4n) is 2.06. The Hall–Kier alpha value is -2.54. The maximum atomic E-state index is 12.4. The van der Waals surface area contributed by atoms with Crippen LogP contribution >= 0.6 is 0 Å². The zero-order valence-corrected chi connectivity index (χ0v) is 11.5. The van der Waals surface area contributed by atoms with Crippen LogP contribution in [0.5, 0.6) is 5.75 Å². The first-order chi connectivity index (χ1) is 9.54. The smallest absolute Gasteiger partial charge is 0.257 e. The molecule has 2 aromatic rings. The molecule has 0 fully saturated rings. The van der Waals surface area contributed by atoms with Crippen LogP contribution in [0.1, 0.15) is 23.7 Å². The zero-order chi connectivity index (χ0) is 14.7. The standard InChI is InChI=1S/C16H16N2O2/c1-11(7-8-17)18(2)16(20)14-9-12-5-3-4-6-13(12)10-15(14)19/h3-6,9-11,19H,7H2,1-2H3. The zero-order valence-electron chi connectivity index (χ0n) is 11.5. The predicted molar refractivity (Wildman–Crippen MR) is 77.4 cm³/mol. The van der Waals surface area contributed by atoms with Gasteiger partial charge in [0.2, 0.25) is 0 Å². The Kier molecular flexibility index (Phi) is 3.90. The highest BCUT2D eigenvalue weighted by Crippen LogP contribution is 2.26. The molecule has 2 rings (SSSR count). The largest absolute Gasteiger partial charge is 0.507 e. The number of benzene rings is 2. The van der Waals surface area contributed by atoms with Crippen LogP contribution in [0, 0.1) is 11.3 Å². The van der Waals surface area contributed by atoms with Crippen molar-refractivity contribution in [1.82, 2.24) is 4.90 Å². The van der Waals surface area contributed by atoms with E-state index in [2.05, 4.69) is 0 Å². The Morgan fingerprint density at radius 2 is 1.95 bits per heavy atom. The summed E-state index contributed by atoms with van der Waals surface area (Å²) in [7, 11) is 1.64. The topological polar surface area (TPSA) is 64.3 Å². The number of nitrogens with zero attached hydrogens (tertiary/aromatic N) is 2. The fraction of sp³-hybridized carbons (Fsp3) is 0.250. The Morgan fingerprint density at radius 1 is 1.35 bits per heavy atom. The van der Waals surface area contributed by atoms with E-state index in [1.54, 1.807) is 26.1 Å². The first-order valence-electron chi connectivity index (χ1n) is 6.40. The molecule has 0 saturated carbocycles. The molecule has 0 aliphatic carbocycles. The highest BCUT2D eigenvalue weighted by Gasteiger charge is 2.20. The maximum absolute atomic E-state index is 12.4. The summed E-state index contributed by atoms with van der Waals surface area (Å²) in [5, 5.41) is 20.5. The second kappa shape index (κ2) is 5.62. The number of fused-ring (bicyclic) bond motifs is 1. The molecule has 0 radical (unpaired) electrons. The summed E-state index contributed by atoms with van der Waals surface area (Å²) in [6, 6.07) is 12.7. The lowest BCUT2D eigenvalue weighted by molar-refractivity contribution is 0.0743. The monoisotopic (exact) mass is 268 g/mol. The summed E-state index contributed by atoms with van der Waals surface area (Å²) in [5.41, 5.74) is 0.260. The van der Waals surface area contributed by atoms with E-state index in [1.807, 2.05) is 30.3 Å². The van der Waals surface area contributed by atoms with E-state index in [-0.39, 0.29) is 29.7 Å². The molecule has 0 aliphatic rings. The van der Waals surface area contributed by atoms with Crippen molar-refractivity contribution < 1.29 is 9.90 Å². The van der Waals surface area contributed by atoms with Gasteiger partial charge < -0.3 is 10.0 Å². The van der Waals surface area contributed by atoms with Gasteiger partial charge in [-0.3, -0.25) is 4.79 Å². The van der Waals surface area contributed by atoms with Gasteiger partial charge in [-0.1, -0.05) is 24.3 Å². The highest BCUT2D eigenvalue weighted by molar-refractivity contribution is 6.01. The van der Waals surface area contributed by atoms with Crippen LogP contribution in [0.25, 0.3) is 10.8 Å². The lowest BCUT2D eigenvalue weighted by Gasteiger charge is -2.23. The van der Waals surface area contributed by atoms with E-state index in [0.29, 0.717) is 0 Å². The third-order valence-corrected chi connectivity index (χ3v) is 3.46. The Bertz CT molecular complexity index is 688. The van der Waals surface area contributed by atoms with Gasteiger partial charge in [-0.25, -0.2) is 0 Å². The van der Waals surface area contributed by atoms with E-state index >= 15 is 0 Å². The van der Waals surface area contributed by atoms with Crippen LogP contribution < -0.4 is 0 Å². The molecule has 0 bridgehead atoms. The Balaban J connectivity index is 2.39. The van der Waals surface area contributed by atoms with Gasteiger partial charge in [0.15, 0.2) is 0 Å². The lowest BCUT2D eigenvalue weighted by atomic mass is 10.0. The van der Waals surface area contributed by atoms with Gasteiger partial charge in [-0.15, -0.1) is 0 Å². The Labute approximate surface area is 117 Å². The van der Waals surface area contributed by atoms with Crippen molar-refractivity contribution in [2.75, 3.05) is 7.05 Å². The third-order valence-electron chi connectivity index (χ3n) is 3.46. The van der Waals surface area contributed by atoms with E-state index in [4.69, 9.17) is 5.26 Å². The van der Waals surface area contributed by atoms with Gasteiger partial charge in [0.1, 0.15) is 5.75 Å². The van der Waals surface area contributed by atoms with Gasteiger partial charge >= 0.3 is 0 Å². The van der Waals surface area contributed by atoms with Gasteiger partial charge in [0.05, 0.1) is 18.1 Å². The molecule has 0 aliphatic heterocycles. The van der Waals surface area contributed by atoms with E-state index in [0.717, 1.165) is 10.8 Å². The molecule has 4 nitrogen and oxygen atoms in total. The number of rotatable bonds is 3. The molecule has 0 spiro atoms. The summed E-state index contributed by atoms with van der Waals surface area (Å²) in [5.74, 6) is -0.319. The number of nitriles is 1. The molecule has 4 heteroatoms. The molecule has 20 heavy (non-hydrogen) atoms. The quantitative estimate of drug-likeness (QED) is 0.930. The summed E-state index contributed by atoms with van der Waals surface area (Å²) in [6.45, 7) is 1.80. The minimum atomic E-state index is -0.281. The van der Waals surface area contributed by atoms with Crippen molar-refractivity contribution in [3.05, 3.63) is 42.0 Å². The average Bonchev–Trinajstić information content (AvgIpc) is 2.45. The summed E-state index contributed by atoms with van der Waals surface area (Å²) in [6.07, 6.45) is 0.260. The van der Waals surface area contributed by atoms with Crippen molar-refractivity contribution >= 4 is 16.7 Å². The number of hydrogen-bond donors (Lipinski definition) is 1. The number of aromatic hydroxyl groups is 1. The SMILES string of the molecule is CC(CC#N)N(C)C(=O)c1cc2ccccc2cc1O. The third kappa shape index (κ3) is 2.57. The number of carbonyl (C=O) groups is 1. The van der Waals surface area contributed by atoms with E-state index < -0.39 is 0 Å². The van der Waals surface area contributed by atoms with Crippen LogP contribution in [0.15, 0.2) is 36.4 Å². The molecule has 0 aromatic heterocycles. The fourth-order valence-corrected chi connectivity index (χ4v) is 2.06. The van der Waals surface area contributed by atoms with E-state index in [1.165, 1.54) is 4.90 Å². The van der Waals surface area contributed by atoms with Crippen molar-refractivity contribution in [3.8, 4) is 11.8 Å². The van der Waals surface area contributed by atoms with Crippen LogP contribution in [0.2, 0.25) is 0 Å². The number of hydrogen-bond acceptors (Lipinski definition) is 3. The van der Waals surface area contributed by atoms with Crippen LogP contribution in [-0.2, 0) is 0 Å². The average molecular weight is 268 g/mol. The van der Waals surface area contributed by atoms with Crippen molar-refractivity contribution in [2.24, 2.45) is 0 Å². The normalized spacial score (nSPS) is 11.8.